The van der Waals surface area contributed by atoms with Gasteiger partial charge in [-0.15, -0.1) is 0 Å². The van der Waals surface area contributed by atoms with E-state index in [9.17, 15) is 9.59 Å². The number of H-pyrrole nitrogens is 1. The molecule has 0 radical (unpaired) electrons. The molecule has 4 rings (SSSR count). The van der Waals surface area contributed by atoms with Gasteiger partial charge in [0.2, 0.25) is 0 Å². The zero-order valence-electron chi connectivity index (χ0n) is 16.5. The number of anilines is 1. The molecule has 5 heteroatoms. The number of amides is 1. The Labute approximate surface area is 165 Å². The number of carbonyl (C=O) groups excluding carboxylic acids is 2. The Morgan fingerprint density at radius 2 is 1.82 bits per heavy atom. The molecule has 3 aromatic rings. The van der Waals surface area contributed by atoms with Crippen molar-refractivity contribution in [2.45, 2.75) is 26.8 Å². The fourth-order valence-electron chi connectivity index (χ4n) is 4.15. The average molecular weight is 375 g/mol. The van der Waals surface area contributed by atoms with Crippen molar-refractivity contribution in [3.05, 3.63) is 65.4 Å². The highest BCUT2D eigenvalue weighted by Gasteiger charge is 2.32. The van der Waals surface area contributed by atoms with Crippen LogP contribution >= 0.6 is 0 Å². The van der Waals surface area contributed by atoms with E-state index in [1.807, 2.05) is 31.2 Å². The molecule has 2 heterocycles. The first kappa shape index (κ1) is 18.3. The van der Waals surface area contributed by atoms with Crippen LogP contribution in [0, 0.1) is 13.8 Å². The molecule has 1 atom stereocenters. The fourth-order valence-corrected chi connectivity index (χ4v) is 4.15. The minimum Gasteiger partial charge on any atom is -0.365 e. The molecule has 0 saturated carbocycles. The molecule has 5 nitrogen and oxygen atoms in total. The molecule has 1 aliphatic rings. The lowest BCUT2D eigenvalue weighted by Crippen LogP contribution is -2.55. The van der Waals surface area contributed by atoms with Gasteiger partial charge >= 0.3 is 0 Å². The number of benzene rings is 2. The first-order valence-corrected chi connectivity index (χ1v) is 9.70. The van der Waals surface area contributed by atoms with Crippen LogP contribution in [0.3, 0.4) is 0 Å². The molecule has 28 heavy (non-hydrogen) atoms. The summed E-state index contributed by atoms with van der Waals surface area (Å²) < 4.78 is 0. The fraction of sp³-hybridized carbons (Fsp3) is 0.304. The van der Waals surface area contributed by atoms with E-state index in [1.54, 1.807) is 4.90 Å². The summed E-state index contributed by atoms with van der Waals surface area (Å²) in [5.74, 6) is -0.838. The Balaban J connectivity index is 1.53. The van der Waals surface area contributed by atoms with E-state index in [2.05, 4.69) is 48.0 Å². The highest BCUT2D eigenvalue weighted by molar-refractivity contribution is 6.45. The van der Waals surface area contributed by atoms with Crippen LogP contribution in [-0.4, -0.2) is 47.3 Å². The molecule has 0 aliphatic carbocycles. The van der Waals surface area contributed by atoms with Crippen molar-refractivity contribution in [1.29, 1.82) is 0 Å². The molecule has 1 amide bonds. The summed E-state index contributed by atoms with van der Waals surface area (Å²) >= 11 is 0. The lowest BCUT2D eigenvalue weighted by atomic mass is 10.0. The standard InChI is InChI=1S/C23H25N3O2/c1-15-7-6-8-18(13-15)26-12-11-25(14-16(26)2)23(28)22(27)21-17(3)24-20-10-5-4-9-19(20)21/h4-10,13,16,24H,11-12,14H2,1-3H3. The van der Waals surface area contributed by atoms with E-state index in [4.69, 9.17) is 0 Å². The SMILES string of the molecule is Cc1cccc(N2CCN(C(=O)C(=O)c3c(C)[nH]c4ccccc34)CC2C)c1. The Bertz CT molecular complexity index is 1050. The first-order chi connectivity index (χ1) is 13.5. The topological polar surface area (TPSA) is 56.4 Å². The normalized spacial score (nSPS) is 17.2. The van der Waals surface area contributed by atoms with Gasteiger partial charge in [0.25, 0.3) is 11.7 Å². The summed E-state index contributed by atoms with van der Waals surface area (Å²) in [7, 11) is 0. The predicted molar refractivity (Wildman–Crippen MR) is 112 cm³/mol. The van der Waals surface area contributed by atoms with Crippen LogP contribution in [0.4, 0.5) is 5.69 Å². The van der Waals surface area contributed by atoms with Gasteiger partial charge < -0.3 is 14.8 Å². The summed E-state index contributed by atoms with van der Waals surface area (Å²) in [6.45, 7) is 7.83. The highest BCUT2D eigenvalue weighted by atomic mass is 16.2. The van der Waals surface area contributed by atoms with Gasteiger partial charge in [-0.1, -0.05) is 30.3 Å². The van der Waals surface area contributed by atoms with Crippen molar-refractivity contribution >= 4 is 28.3 Å². The molecule has 0 bridgehead atoms. The molecule has 1 saturated heterocycles. The van der Waals surface area contributed by atoms with Gasteiger partial charge in [0.1, 0.15) is 0 Å². The molecule has 1 fully saturated rings. The number of ketones is 1. The number of hydrogen-bond donors (Lipinski definition) is 1. The van der Waals surface area contributed by atoms with Gasteiger partial charge in [0, 0.05) is 48.0 Å². The maximum atomic E-state index is 13.0. The summed E-state index contributed by atoms with van der Waals surface area (Å²) in [6, 6.07) is 16.2. The molecule has 1 unspecified atom stereocenters. The third kappa shape index (κ3) is 3.17. The van der Waals surface area contributed by atoms with E-state index < -0.39 is 11.7 Å². The van der Waals surface area contributed by atoms with Crippen LogP contribution in [0.25, 0.3) is 10.9 Å². The van der Waals surface area contributed by atoms with Crippen molar-refractivity contribution < 1.29 is 9.59 Å². The van der Waals surface area contributed by atoms with Crippen LogP contribution in [-0.2, 0) is 4.79 Å². The van der Waals surface area contributed by atoms with Gasteiger partial charge in [-0.05, 0) is 44.5 Å². The number of carbonyl (C=O) groups is 2. The molecular weight excluding hydrogens is 350 g/mol. The van der Waals surface area contributed by atoms with Gasteiger partial charge in [-0.25, -0.2) is 0 Å². The summed E-state index contributed by atoms with van der Waals surface area (Å²) in [5, 5.41) is 0.810. The van der Waals surface area contributed by atoms with Gasteiger partial charge in [0.15, 0.2) is 0 Å². The van der Waals surface area contributed by atoms with Crippen molar-refractivity contribution in [1.82, 2.24) is 9.88 Å². The Hall–Kier alpha value is -3.08. The zero-order valence-corrected chi connectivity index (χ0v) is 16.5. The Morgan fingerprint density at radius 1 is 1.04 bits per heavy atom. The molecule has 0 spiro atoms. The zero-order chi connectivity index (χ0) is 19.8. The Morgan fingerprint density at radius 3 is 2.57 bits per heavy atom. The monoisotopic (exact) mass is 375 g/mol. The number of para-hydroxylation sites is 1. The third-order valence-electron chi connectivity index (χ3n) is 5.56. The van der Waals surface area contributed by atoms with Crippen LogP contribution in [0.2, 0.25) is 0 Å². The van der Waals surface area contributed by atoms with E-state index >= 15 is 0 Å². The molecule has 1 aliphatic heterocycles. The van der Waals surface area contributed by atoms with Crippen molar-refractivity contribution in [3.63, 3.8) is 0 Å². The third-order valence-corrected chi connectivity index (χ3v) is 5.56. The van der Waals surface area contributed by atoms with Crippen molar-refractivity contribution in [2.75, 3.05) is 24.5 Å². The number of aryl methyl sites for hydroxylation is 2. The number of piperazine rings is 1. The van der Waals surface area contributed by atoms with E-state index in [1.165, 1.54) is 11.3 Å². The number of nitrogens with zero attached hydrogens (tertiary/aromatic N) is 2. The van der Waals surface area contributed by atoms with E-state index in [0.717, 1.165) is 23.1 Å². The number of aromatic nitrogens is 1. The maximum Gasteiger partial charge on any atom is 0.295 e. The van der Waals surface area contributed by atoms with Crippen LogP contribution < -0.4 is 4.90 Å². The first-order valence-electron chi connectivity index (χ1n) is 9.70. The second-order valence-corrected chi connectivity index (χ2v) is 7.63. The molecule has 1 aromatic heterocycles. The number of Topliss-reactive ketones (excluding diaryl/α,β-unsaturated/α-hetero) is 1. The number of rotatable bonds is 3. The largest absolute Gasteiger partial charge is 0.365 e. The maximum absolute atomic E-state index is 13.0. The number of aromatic amines is 1. The number of hydrogen-bond acceptors (Lipinski definition) is 3. The van der Waals surface area contributed by atoms with Crippen molar-refractivity contribution in [2.24, 2.45) is 0 Å². The Kier molecular flexibility index (Phi) is 4.67. The van der Waals surface area contributed by atoms with Crippen LogP contribution in [0.1, 0.15) is 28.5 Å². The lowest BCUT2D eigenvalue weighted by Gasteiger charge is -2.41. The molecule has 1 N–H and O–H groups in total. The van der Waals surface area contributed by atoms with E-state index in [-0.39, 0.29) is 6.04 Å². The molecule has 144 valence electrons. The summed E-state index contributed by atoms with van der Waals surface area (Å²) in [6.07, 6.45) is 0. The molecule has 2 aromatic carbocycles. The highest BCUT2D eigenvalue weighted by Crippen LogP contribution is 2.25. The van der Waals surface area contributed by atoms with E-state index in [0.29, 0.717) is 18.7 Å². The summed E-state index contributed by atoms with van der Waals surface area (Å²) in [5.41, 5.74) is 4.50. The quantitative estimate of drug-likeness (QED) is 0.561. The second-order valence-electron chi connectivity index (χ2n) is 7.63. The van der Waals surface area contributed by atoms with Gasteiger partial charge in [-0.2, -0.15) is 0 Å². The van der Waals surface area contributed by atoms with Crippen LogP contribution in [0.5, 0.6) is 0 Å². The van der Waals surface area contributed by atoms with Crippen molar-refractivity contribution in [3.8, 4) is 0 Å². The minimum absolute atomic E-state index is 0.149. The van der Waals surface area contributed by atoms with Gasteiger partial charge in [0.05, 0.1) is 5.56 Å². The number of fused-ring (bicyclic) bond motifs is 1. The average Bonchev–Trinajstić information content (AvgIpc) is 3.02. The van der Waals surface area contributed by atoms with Gasteiger partial charge in [-0.3, -0.25) is 9.59 Å². The summed E-state index contributed by atoms with van der Waals surface area (Å²) in [4.78, 5) is 33.2. The predicted octanol–water partition coefficient (Wildman–Crippen LogP) is 3.70. The minimum atomic E-state index is -0.425. The lowest BCUT2D eigenvalue weighted by molar-refractivity contribution is -0.127. The second kappa shape index (κ2) is 7.15. The molecular formula is C23H25N3O2. The smallest absolute Gasteiger partial charge is 0.295 e. The van der Waals surface area contributed by atoms with Crippen LogP contribution in [0.15, 0.2) is 48.5 Å². The number of nitrogens with one attached hydrogen (secondary N) is 1.